The summed E-state index contributed by atoms with van der Waals surface area (Å²) in [5.74, 6) is 0. The number of hydrogen-bond acceptors (Lipinski definition) is 2. The van der Waals surface area contributed by atoms with Gasteiger partial charge in [0.25, 0.3) is 0 Å². The molecule has 1 atom stereocenters. The number of rotatable bonds is 5. The fourth-order valence-corrected chi connectivity index (χ4v) is 2.77. The van der Waals surface area contributed by atoms with E-state index in [9.17, 15) is 0 Å². The largest absolute Gasteiger partial charge is 0.309 e. The third-order valence-corrected chi connectivity index (χ3v) is 4.26. The van der Waals surface area contributed by atoms with Crippen LogP contribution < -0.4 is 5.32 Å². The van der Waals surface area contributed by atoms with Crippen molar-refractivity contribution in [2.75, 3.05) is 19.6 Å². The van der Waals surface area contributed by atoms with Crippen molar-refractivity contribution >= 4 is 23.2 Å². The van der Waals surface area contributed by atoms with Crippen molar-refractivity contribution in [3.8, 4) is 0 Å². The third-order valence-electron chi connectivity index (χ3n) is 3.40. The molecule has 2 nitrogen and oxygen atoms in total. The first kappa shape index (κ1) is 14.1. The highest BCUT2D eigenvalue weighted by atomic mass is 35.5. The van der Waals surface area contributed by atoms with E-state index in [-0.39, 0.29) is 0 Å². The van der Waals surface area contributed by atoms with Gasteiger partial charge in [-0.2, -0.15) is 0 Å². The van der Waals surface area contributed by atoms with Crippen molar-refractivity contribution < 1.29 is 0 Å². The van der Waals surface area contributed by atoms with Gasteiger partial charge in [-0.05, 0) is 44.5 Å². The Labute approximate surface area is 119 Å². The molecule has 0 amide bonds. The summed E-state index contributed by atoms with van der Waals surface area (Å²) in [6.07, 6.45) is 2.68. The maximum absolute atomic E-state index is 6.16. The van der Waals surface area contributed by atoms with Gasteiger partial charge >= 0.3 is 0 Å². The molecule has 0 saturated carbocycles. The molecule has 1 N–H and O–H groups in total. The van der Waals surface area contributed by atoms with E-state index in [0.29, 0.717) is 16.1 Å². The van der Waals surface area contributed by atoms with Crippen molar-refractivity contribution in [1.82, 2.24) is 10.2 Å². The van der Waals surface area contributed by atoms with E-state index in [1.165, 1.54) is 25.9 Å². The molecule has 1 saturated heterocycles. The molecule has 1 unspecified atom stereocenters. The summed E-state index contributed by atoms with van der Waals surface area (Å²) in [7, 11) is 0. The highest BCUT2D eigenvalue weighted by Crippen LogP contribution is 2.25. The fourth-order valence-electron chi connectivity index (χ4n) is 2.39. The molecule has 0 aromatic heterocycles. The Hall–Kier alpha value is -0.280. The molecule has 0 radical (unpaired) electrons. The molecule has 18 heavy (non-hydrogen) atoms. The zero-order valence-electron chi connectivity index (χ0n) is 10.8. The van der Waals surface area contributed by atoms with Crippen molar-refractivity contribution in [1.29, 1.82) is 0 Å². The predicted octanol–water partition coefficient (Wildman–Crippen LogP) is 3.57. The summed E-state index contributed by atoms with van der Waals surface area (Å²) in [5, 5.41) is 4.80. The Balaban J connectivity index is 1.81. The molecule has 1 fully saturated rings. The van der Waals surface area contributed by atoms with Crippen LogP contribution in [0.3, 0.4) is 0 Å². The molecule has 1 aromatic carbocycles. The molecule has 2 rings (SSSR count). The quantitative estimate of drug-likeness (QED) is 0.890. The van der Waals surface area contributed by atoms with Crippen LogP contribution in [0.2, 0.25) is 10.0 Å². The smallest absolute Gasteiger partial charge is 0.0637 e. The molecule has 0 spiro atoms. The lowest BCUT2D eigenvalue weighted by Crippen LogP contribution is -2.37. The van der Waals surface area contributed by atoms with Gasteiger partial charge in [-0.15, -0.1) is 0 Å². The first-order valence-electron chi connectivity index (χ1n) is 6.55. The van der Waals surface area contributed by atoms with Gasteiger partial charge in [-0.1, -0.05) is 35.3 Å². The Kier molecular flexibility index (Phi) is 5.31. The van der Waals surface area contributed by atoms with Gasteiger partial charge in [0.2, 0.25) is 0 Å². The van der Waals surface area contributed by atoms with Crippen LogP contribution in [0.5, 0.6) is 0 Å². The van der Waals surface area contributed by atoms with Crippen LogP contribution >= 0.6 is 23.2 Å². The molecule has 1 heterocycles. The van der Waals surface area contributed by atoms with Crippen LogP contribution in [0.4, 0.5) is 0 Å². The Morgan fingerprint density at radius 3 is 2.72 bits per heavy atom. The van der Waals surface area contributed by atoms with E-state index in [1.807, 2.05) is 18.2 Å². The molecule has 100 valence electrons. The molecular weight excluding hydrogens is 267 g/mol. The molecule has 4 heteroatoms. The standard InChI is InChI=1S/C14H20Cl2N2/c1-11(10-18-7-2-3-8-18)17-9-12-5-4-6-13(15)14(12)16/h4-6,11,17H,2-3,7-10H2,1H3. The maximum atomic E-state index is 6.16. The lowest BCUT2D eigenvalue weighted by molar-refractivity contribution is 0.298. The van der Waals surface area contributed by atoms with E-state index in [0.717, 1.165) is 18.7 Å². The normalized spacial score (nSPS) is 18.2. The SMILES string of the molecule is CC(CN1CCCC1)NCc1cccc(Cl)c1Cl. The zero-order chi connectivity index (χ0) is 13.0. The Morgan fingerprint density at radius 2 is 2.00 bits per heavy atom. The van der Waals surface area contributed by atoms with Crippen molar-refractivity contribution in [3.05, 3.63) is 33.8 Å². The van der Waals surface area contributed by atoms with Gasteiger partial charge in [0.15, 0.2) is 0 Å². The average Bonchev–Trinajstić information content (AvgIpc) is 2.84. The maximum Gasteiger partial charge on any atom is 0.0637 e. The minimum atomic E-state index is 0.471. The highest BCUT2D eigenvalue weighted by Gasteiger charge is 2.14. The van der Waals surface area contributed by atoms with Gasteiger partial charge in [-0.25, -0.2) is 0 Å². The van der Waals surface area contributed by atoms with Crippen LogP contribution in [0, 0.1) is 0 Å². The molecule has 1 aliphatic heterocycles. The number of halogens is 2. The van der Waals surface area contributed by atoms with Crippen LogP contribution in [-0.4, -0.2) is 30.6 Å². The lowest BCUT2D eigenvalue weighted by atomic mass is 10.2. The summed E-state index contributed by atoms with van der Waals surface area (Å²) in [6.45, 7) is 6.58. The van der Waals surface area contributed by atoms with E-state index in [2.05, 4.69) is 17.1 Å². The summed E-state index contributed by atoms with van der Waals surface area (Å²) >= 11 is 12.2. The predicted molar refractivity (Wildman–Crippen MR) is 78.4 cm³/mol. The summed E-state index contributed by atoms with van der Waals surface area (Å²) in [6, 6.07) is 6.25. The fraction of sp³-hybridized carbons (Fsp3) is 0.571. The second-order valence-corrected chi connectivity index (χ2v) is 5.79. The minimum Gasteiger partial charge on any atom is -0.309 e. The highest BCUT2D eigenvalue weighted by molar-refractivity contribution is 6.42. The summed E-state index contributed by atoms with van der Waals surface area (Å²) in [4.78, 5) is 2.51. The van der Waals surface area contributed by atoms with Gasteiger partial charge < -0.3 is 10.2 Å². The van der Waals surface area contributed by atoms with Crippen LogP contribution in [0.25, 0.3) is 0 Å². The Morgan fingerprint density at radius 1 is 1.28 bits per heavy atom. The number of nitrogens with one attached hydrogen (secondary N) is 1. The van der Waals surface area contributed by atoms with Crippen LogP contribution in [0.15, 0.2) is 18.2 Å². The number of likely N-dealkylation sites (tertiary alicyclic amines) is 1. The van der Waals surface area contributed by atoms with Crippen molar-refractivity contribution in [2.24, 2.45) is 0 Å². The first-order valence-corrected chi connectivity index (χ1v) is 7.31. The summed E-state index contributed by atoms with van der Waals surface area (Å²) in [5.41, 5.74) is 1.07. The number of hydrogen-bond donors (Lipinski definition) is 1. The topological polar surface area (TPSA) is 15.3 Å². The van der Waals surface area contributed by atoms with E-state index in [4.69, 9.17) is 23.2 Å². The molecule has 0 bridgehead atoms. The number of nitrogens with zero attached hydrogens (tertiary/aromatic N) is 1. The van der Waals surface area contributed by atoms with Crippen LogP contribution in [0.1, 0.15) is 25.3 Å². The minimum absolute atomic E-state index is 0.471. The van der Waals surface area contributed by atoms with Gasteiger partial charge in [0.05, 0.1) is 10.0 Å². The molecular formula is C14H20Cl2N2. The van der Waals surface area contributed by atoms with Crippen molar-refractivity contribution in [2.45, 2.75) is 32.4 Å². The van der Waals surface area contributed by atoms with Gasteiger partial charge in [0, 0.05) is 19.1 Å². The lowest BCUT2D eigenvalue weighted by Gasteiger charge is -2.21. The Bertz CT molecular complexity index is 389. The molecule has 1 aromatic rings. The average molecular weight is 287 g/mol. The molecule has 0 aliphatic carbocycles. The summed E-state index contributed by atoms with van der Waals surface area (Å²) < 4.78 is 0. The zero-order valence-corrected chi connectivity index (χ0v) is 12.3. The first-order chi connectivity index (χ1) is 8.66. The van der Waals surface area contributed by atoms with Gasteiger partial charge in [-0.3, -0.25) is 0 Å². The third kappa shape index (κ3) is 3.86. The second-order valence-electron chi connectivity index (χ2n) is 5.00. The van der Waals surface area contributed by atoms with E-state index >= 15 is 0 Å². The van der Waals surface area contributed by atoms with E-state index in [1.54, 1.807) is 0 Å². The molecule has 1 aliphatic rings. The van der Waals surface area contributed by atoms with E-state index < -0.39 is 0 Å². The second kappa shape index (κ2) is 6.76. The number of benzene rings is 1. The van der Waals surface area contributed by atoms with Crippen molar-refractivity contribution in [3.63, 3.8) is 0 Å². The van der Waals surface area contributed by atoms with Crippen LogP contribution in [-0.2, 0) is 6.54 Å². The van der Waals surface area contributed by atoms with Gasteiger partial charge in [0.1, 0.15) is 0 Å². The monoisotopic (exact) mass is 286 g/mol.